The van der Waals surface area contributed by atoms with E-state index in [0.717, 1.165) is 77.1 Å². The fourth-order valence-electron chi connectivity index (χ4n) is 6.75. The van der Waals surface area contributed by atoms with E-state index in [2.05, 4.69) is 48.4 Å². The van der Waals surface area contributed by atoms with Gasteiger partial charge in [0, 0.05) is 65.3 Å². The molecule has 1 aromatic carbocycles. The van der Waals surface area contributed by atoms with Crippen molar-refractivity contribution in [2.45, 2.75) is 82.7 Å². The molecule has 6 rings (SSSR count). The van der Waals surface area contributed by atoms with Gasteiger partial charge in [-0.1, -0.05) is 36.8 Å². The first-order chi connectivity index (χ1) is 23.9. The number of imidazole rings is 1. The average molecular weight is 678 g/mol. The minimum absolute atomic E-state index is 0.181. The third kappa shape index (κ3) is 9.18. The van der Waals surface area contributed by atoms with Crippen molar-refractivity contribution in [3.8, 4) is 0 Å². The number of ether oxygens (including phenoxy) is 3. The van der Waals surface area contributed by atoms with Gasteiger partial charge in [0.15, 0.2) is 23.8 Å². The molecule has 4 N–H and O–H groups in total. The molecule has 5 heterocycles. The zero-order chi connectivity index (χ0) is 34.1. The highest BCUT2D eigenvalue weighted by Crippen LogP contribution is 2.43. The van der Waals surface area contributed by atoms with Gasteiger partial charge in [-0.25, -0.2) is 15.0 Å². The van der Waals surface area contributed by atoms with Gasteiger partial charge in [-0.2, -0.15) is 0 Å². The summed E-state index contributed by atoms with van der Waals surface area (Å²) >= 11 is 0. The summed E-state index contributed by atoms with van der Waals surface area (Å²) in [6.07, 6.45) is 5.04. The molecule has 14 heteroatoms. The minimum atomic E-state index is -0.874. The van der Waals surface area contributed by atoms with Gasteiger partial charge in [0.05, 0.1) is 12.0 Å². The van der Waals surface area contributed by atoms with Crippen molar-refractivity contribution >= 4 is 23.0 Å². The molecule has 0 unspecified atom stereocenters. The maximum atomic E-state index is 13.5. The standard InChI is InChI=1S/C35H51N9O5/c1-35(2)48-29-30(33(46)39-14-8-4-7-11-27(45)43-21-19-37-17-15-36-16-18-38-20-22-43)47-34(31(29)49-35)44-24-42-28-26(40-23-41-32(28)44)13-12-25-9-5-3-6-10-25/h3,5-6,9-10,23-24,29-31,34,36-38H,4,7-8,11-22H2,1-2H3,(H,39,46)/t29-,30+,31-,34-/m1/s1. The van der Waals surface area contributed by atoms with Crippen LogP contribution in [0.1, 0.15) is 57.0 Å². The second-order valence-electron chi connectivity index (χ2n) is 13.4. The number of nitrogens with one attached hydrogen (secondary N) is 4. The van der Waals surface area contributed by atoms with Gasteiger partial charge in [-0.05, 0) is 45.1 Å². The number of carbonyl (C=O) groups is 2. The second-order valence-corrected chi connectivity index (χ2v) is 13.4. The number of fused-ring (bicyclic) bond motifs is 2. The molecular formula is C35H51N9O5. The Labute approximate surface area is 288 Å². The number of amides is 2. The van der Waals surface area contributed by atoms with Crippen LogP contribution in [0.25, 0.3) is 11.2 Å². The molecule has 0 aliphatic carbocycles. The predicted octanol–water partition coefficient (Wildman–Crippen LogP) is 1.32. The lowest BCUT2D eigenvalue weighted by molar-refractivity contribution is -0.197. The van der Waals surface area contributed by atoms with Crippen LogP contribution in [0.2, 0.25) is 0 Å². The highest BCUT2D eigenvalue weighted by molar-refractivity contribution is 5.82. The molecule has 14 nitrogen and oxygen atoms in total. The second kappa shape index (κ2) is 16.9. The molecule has 3 aliphatic heterocycles. The average Bonchev–Trinajstić information content (AvgIpc) is 3.76. The number of hydrogen-bond acceptors (Lipinski definition) is 11. The van der Waals surface area contributed by atoms with E-state index >= 15 is 0 Å². The minimum Gasteiger partial charge on any atom is -0.354 e. The quantitative estimate of drug-likeness (QED) is 0.217. The number of nitrogens with zero attached hydrogens (tertiary/aromatic N) is 5. The smallest absolute Gasteiger partial charge is 0.252 e. The Bertz CT molecular complexity index is 1510. The van der Waals surface area contributed by atoms with E-state index in [1.54, 1.807) is 12.7 Å². The summed E-state index contributed by atoms with van der Waals surface area (Å²) in [5.74, 6) is -0.936. The van der Waals surface area contributed by atoms with Gasteiger partial charge in [0.25, 0.3) is 5.91 Å². The molecule has 2 aromatic heterocycles. The van der Waals surface area contributed by atoms with Crippen LogP contribution in [0.15, 0.2) is 43.0 Å². The molecule has 0 saturated carbocycles. The van der Waals surface area contributed by atoms with E-state index < -0.39 is 30.3 Å². The Morgan fingerprint density at radius 3 is 2.35 bits per heavy atom. The molecule has 49 heavy (non-hydrogen) atoms. The molecule has 0 spiro atoms. The van der Waals surface area contributed by atoms with Crippen LogP contribution in [0.4, 0.5) is 0 Å². The normalized spacial score (nSPS) is 24.7. The van der Waals surface area contributed by atoms with Gasteiger partial charge in [0.2, 0.25) is 5.91 Å². The molecule has 3 saturated heterocycles. The Hall–Kier alpha value is -3.53. The van der Waals surface area contributed by atoms with Crippen molar-refractivity contribution in [3.63, 3.8) is 0 Å². The number of carbonyl (C=O) groups excluding carboxylic acids is 2. The third-order valence-electron chi connectivity index (χ3n) is 9.28. The Kier molecular flexibility index (Phi) is 12.2. The number of unbranched alkanes of at least 4 members (excludes halogenated alkanes) is 2. The van der Waals surface area contributed by atoms with Crippen LogP contribution in [0.3, 0.4) is 0 Å². The Morgan fingerprint density at radius 1 is 0.878 bits per heavy atom. The predicted molar refractivity (Wildman–Crippen MR) is 184 cm³/mol. The molecule has 0 radical (unpaired) electrons. The summed E-state index contributed by atoms with van der Waals surface area (Å²) in [5, 5.41) is 13.2. The van der Waals surface area contributed by atoms with Gasteiger partial charge in [-0.15, -0.1) is 0 Å². The van der Waals surface area contributed by atoms with E-state index in [1.165, 1.54) is 5.56 Å². The number of hydrogen-bond donors (Lipinski definition) is 4. The zero-order valence-electron chi connectivity index (χ0n) is 28.7. The van der Waals surface area contributed by atoms with Crippen molar-refractivity contribution in [1.82, 2.24) is 45.7 Å². The highest BCUT2D eigenvalue weighted by atomic mass is 16.8. The van der Waals surface area contributed by atoms with E-state index in [-0.39, 0.29) is 11.8 Å². The Balaban J connectivity index is 1.000. The fraction of sp³-hybridized carbons (Fsp3) is 0.629. The van der Waals surface area contributed by atoms with Crippen molar-refractivity contribution in [1.29, 1.82) is 0 Å². The van der Waals surface area contributed by atoms with Crippen molar-refractivity contribution < 1.29 is 23.8 Å². The van der Waals surface area contributed by atoms with Crippen LogP contribution >= 0.6 is 0 Å². The number of aromatic nitrogens is 4. The first-order valence-electron chi connectivity index (χ1n) is 17.8. The van der Waals surface area contributed by atoms with Crippen molar-refractivity contribution in [3.05, 3.63) is 54.2 Å². The van der Waals surface area contributed by atoms with Crippen LogP contribution in [0.5, 0.6) is 0 Å². The maximum Gasteiger partial charge on any atom is 0.252 e. The maximum absolute atomic E-state index is 13.5. The summed E-state index contributed by atoms with van der Waals surface area (Å²) in [6, 6.07) is 10.3. The fourth-order valence-corrected chi connectivity index (χ4v) is 6.75. The largest absolute Gasteiger partial charge is 0.354 e. The summed E-state index contributed by atoms with van der Waals surface area (Å²) < 4.78 is 20.7. The topological polar surface area (TPSA) is 157 Å². The summed E-state index contributed by atoms with van der Waals surface area (Å²) in [6.45, 7) is 10.8. The monoisotopic (exact) mass is 677 g/mol. The molecule has 4 atom stereocenters. The van der Waals surface area contributed by atoms with E-state index in [0.29, 0.717) is 37.2 Å². The molecule has 3 aliphatic rings. The van der Waals surface area contributed by atoms with Crippen LogP contribution in [-0.2, 0) is 36.6 Å². The van der Waals surface area contributed by atoms with Crippen LogP contribution < -0.4 is 21.3 Å². The molecule has 0 bridgehead atoms. The first kappa shape index (κ1) is 35.3. The van der Waals surface area contributed by atoms with Gasteiger partial charge < -0.3 is 40.4 Å². The van der Waals surface area contributed by atoms with Crippen LogP contribution in [-0.4, -0.2) is 119 Å². The molecular weight excluding hydrogens is 626 g/mol. The summed E-state index contributed by atoms with van der Waals surface area (Å²) in [4.78, 5) is 42.1. The third-order valence-corrected chi connectivity index (χ3v) is 9.28. The first-order valence-corrected chi connectivity index (χ1v) is 17.8. The molecule has 266 valence electrons. The van der Waals surface area contributed by atoms with Gasteiger partial charge >= 0.3 is 0 Å². The Morgan fingerprint density at radius 2 is 1.59 bits per heavy atom. The lowest BCUT2D eigenvalue weighted by Gasteiger charge is -2.24. The lowest BCUT2D eigenvalue weighted by Crippen LogP contribution is -2.44. The van der Waals surface area contributed by atoms with Gasteiger partial charge in [0.1, 0.15) is 24.1 Å². The van der Waals surface area contributed by atoms with E-state index in [1.807, 2.05) is 41.5 Å². The molecule has 3 aromatic rings. The SMILES string of the molecule is CC1(C)O[C@@H]2[C@H](O1)[C@@H](C(=O)NCCCCCC(=O)N1CCNCCNCCNCC1)O[C@H]2n1cnc2c(CCc3ccccc3)ncnc21. The van der Waals surface area contributed by atoms with Crippen LogP contribution in [0, 0.1) is 0 Å². The number of benzene rings is 1. The van der Waals surface area contributed by atoms with Crippen molar-refractivity contribution in [2.24, 2.45) is 0 Å². The number of aryl methyl sites for hydroxylation is 2. The molecule has 2 amide bonds. The van der Waals surface area contributed by atoms with Gasteiger partial charge in [-0.3, -0.25) is 14.2 Å². The van der Waals surface area contributed by atoms with Crippen molar-refractivity contribution in [2.75, 3.05) is 58.9 Å². The highest BCUT2D eigenvalue weighted by Gasteiger charge is 2.58. The molecule has 3 fully saturated rings. The summed E-state index contributed by atoms with van der Waals surface area (Å²) in [7, 11) is 0. The van der Waals surface area contributed by atoms with E-state index in [4.69, 9.17) is 14.2 Å². The summed E-state index contributed by atoms with van der Waals surface area (Å²) in [5.41, 5.74) is 3.41. The lowest BCUT2D eigenvalue weighted by atomic mass is 10.1. The zero-order valence-corrected chi connectivity index (χ0v) is 28.7. The van der Waals surface area contributed by atoms with E-state index in [9.17, 15) is 9.59 Å². The number of rotatable bonds is 11.